The predicted molar refractivity (Wildman–Crippen MR) is 123 cm³/mol. The fourth-order valence-corrected chi connectivity index (χ4v) is 5.11. The number of nitrogens with one attached hydrogen (secondary N) is 2. The molecular formula is C25H37F2N3O3. The number of carbonyl (C=O) groups is 2. The van der Waals surface area contributed by atoms with Gasteiger partial charge in [0.15, 0.2) is 0 Å². The van der Waals surface area contributed by atoms with Gasteiger partial charge in [0, 0.05) is 25.2 Å². The summed E-state index contributed by atoms with van der Waals surface area (Å²) in [4.78, 5) is 27.9. The third-order valence-corrected chi connectivity index (χ3v) is 7.20. The number of aliphatic hydroxyl groups excluding tert-OH is 1. The molecule has 1 aromatic rings. The van der Waals surface area contributed by atoms with E-state index < -0.39 is 35.6 Å². The number of amides is 2. The summed E-state index contributed by atoms with van der Waals surface area (Å²) < 4.78 is 28.0. The number of halogens is 2. The van der Waals surface area contributed by atoms with Crippen molar-refractivity contribution in [1.29, 1.82) is 0 Å². The Morgan fingerprint density at radius 2 is 2.09 bits per heavy atom. The Hall–Kier alpha value is -2.06. The standard InChI is InChI=1S/C25H37F2N3O3/c1-4-6-10-30-14-19(18(5-2)25(30)33)24(32)29-22(23(31)21-8-7-9-28-21)12-16-11-17(26)13-20(27)15(16)3/h11,13,18-19,21-23,28,31H,4-10,12,14H2,1-3H3,(H,29,32)/t18?,19-,21-,22+,23?/m1/s1. The molecule has 2 aliphatic heterocycles. The number of nitrogens with zero attached hydrogens (tertiary/aromatic N) is 1. The van der Waals surface area contributed by atoms with E-state index in [1.165, 1.54) is 6.07 Å². The van der Waals surface area contributed by atoms with Gasteiger partial charge in [-0.3, -0.25) is 9.59 Å². The summed E-state index contributed by atoms with van der Waals surface area (Å²) in [7, 11) is 0. The average molecular weight is 466 g/mol. The second kappa shape index (κ2) is 11.4. The summed E-state index contributed by atoms with van der Waals surface area (Å²) in [6.45, 7) is 7.30. The van der Waals surface area contributed by atoms with Crippen LogP contribution in [0.5, 0.6) is 0 Å². The molecule has 0 spiro atoms. The predicted octanol–water partition coefficient (Wildman–Crippen LogP) is 2.70. The number of benzene rings is 1. The summed E-state index contributed by atoms with van der Waals surface area (Å²) >= 11 is 0. The topological polar surface area (TPSA) is 81.7 Å². The van der Waals surface area contributed by atoms with Crippen molar-refractivity contribution in [3.8, 4) is 0 Å². The van der Waals surface area contributed by atoms with Crippen LogP contribution in [-0.2, 0) is 16.0 Å². The highest BCUT2D eigenvalue weighted by atomic mass is 19.1. The van der Waals surface area contributed by atoms with Gasteiger partial charge in [0.1, 0.15) is 11.6 Å². The zero-order valence-electron chi connectivity index (χ0n) is 19.9. The molecule has 0 bridgehead atoms. The van der Waals surface area contributed by atoms with E-state index in [-0.39, 0.29) is 24.3 Å². The third-order valence-electron chi connectivity index (χ3n) is 7.20. The maximum Gasteiger partial charge on any atom is 0.226 e. The molecule has 2 fully saturated rings. The Kier molecular flexibility index (Phi) is 8.82. The van der Waals surface area contributed by atoms with Crippen molar-refractivity contribution in [2.75, 3.05) is 19.6 Å². The number of hydrogen-bond donors (Lipinski definition) is 3. The van der Waals surface area contributed by atoms with E-state index in [0.717, 1.165) is 38.3 Å². The molecule has 33 heavy (non-hydrogen) atoms. The maximum absolute atomic E-state index is 14.1. The molecule has 3 rings (SSSR count). The van der Waals surface area contributed by atoms with Crippen LogP contribution < -0.4 is 10.6 Å². The number of carbonyl (C=O) groups excluding carboxylic acids is 2. The zero-order chi connectivity index (χ0) is 24.1. The van der Waals surface area contributed by atoms with Gasteiger partial charge < -0.3 is 20.6 Å². The number of rotatable bonds is 10. The van der Waals surface area contributed by atoms with Gasteiger partial charge in [0.2, 0.25) is 11.8 Å². The van der Waals surface area contributed by atoms with E-state index in [1.807, 2.05) is 6.92 Å². The van der Waals surface area contributed by atoms with Crippen LogP contribution >= 0.6 is 0 Å². The molecule has 6 nitrogen and oxygen atoms in total. The molecule has 2 saturated heterocycles. The Bertz CT molecular complexity index is 844. The highest BCUT2D eigenvalue weighted by Crippen LogP contribution is 2.29. The summed E-state index contributed by atoms with van der Waals surface area (Å²) in [5.41, 5.74) is 0.712. The highest BCUT2D eigenvalue weighted by Gasteiger charge is 2.44. The first kappa shape index (κ1) is 25.6. The van der Waals surface area contributed by atoms with Gasteiger partial charge in [0.25, 0.3) is 0 Å². The van der Waals surface area contributed by atoms with E-state index in [4.69, 9.17) is 0 Å². The Labute approximate surface area is 195 Å². The number of hydrogen-bond acceptors (Lipinski definition) is 4. The zero-order valence-corrected chi connectivity index (χ0v) is 19.9. The summed E-state index contributed by atoms with van der Waals surface area (Å²) in [5, 5.41) is 17.3. The van der Waals surface area contributed by atoms with Crippen molar-refractivity contribution >= 4 is 11.8 Å². The first-order valence-corrected chi connectivity index (χ1v) is 12.2. The molecule has 0 radical (unpaired) electrons. The van der Waals surface area contributed by atoms with Gasteiger partial charge in [0.05, 0.1) is 24.0 Å². The molecule has 8 heteroatoms. The molecule has 2 unspecified atom stereocenters. The largest absolute Gasteiger partial charge is 0.389 e. The van der Waals surface area contributed by atoms with Gasteiger partial charge in [-0.15, -0.1) is 0 Å². The first-order chi connectivity index (χ1) is 15.8. The van der Waals surface area contributed by atoms with Crippen molar-refractivity contribution in [3.05, 3.63) is 34.9 Å². The fourth-order valence-electron chi connectivity index (χ4n) is 5.11. The molecule has 1 aromatic carbocycles. The molecule has 5 atom stereocenters. The number of likely N-dealkylation sites (tertiary alicyclic amines) is 1. The minimum atomic E-state index is -0.921. The molecule has 2 aliphatic rings. The monoisotopic (exact) mass is 465 g/mol. The Morgan fingerprint density at radius 1 is 1.33 bits per heavy atom. The van der Waals surface area contributed by atoms with Crippen LogP contribution in [0.4, 0.5) is 8.78 Å². The van der Waals surface area contributed by atoms with E-state index >= 15 is 0 Å². The lowest BCUT2D eigenvalue weighted by molar-refractivity contribution is -0.133. The SMILES string of the molecule is CCCCN1C[C@@H](C(=O)N[C@@H](Cc2cc(F)cc(F)c2C)C(O)[C@H]2CCCN2)C(CC)C1=O. The highest BCUT2D eigenvalue weighted by molar-refractivity contribution is 5.91. The van der Waals surface area contributed by atoms with Gasteiger partial charge >= 0.3 is 0 Å². The lowest BCUT2D eigenvalue weighted by Crippen LogP contribution is -2.54. The molecular weight excluding hydrogens is 428 g/mol. The van der Waals surface area contributed by atoms with Crippen LogP contribution in [0.2, 0.25) is 0 Å². The number of aliphatic hydroxyl groups is 1. The van der Waals surface area contributed by atoms with E-state index in [1.54, 1.807) is 11.8 Å². The summed E-state index contributed by atoms with van der Waals surface area (Å²) in [6.07, 6.45) is 3.26. The lowest BCUT2D eigenvalue weighted by atomic mass is 9.89. The number of unbranched alkanes of at least 4 members (excludes halogenated alkanes) is 1. The van der Waals surface area contributed by atoms with Gasteiger partial charge in [-0.2, -0.15) is 0 Å². The van der Waals surface area contributed by atoms with Gasteiger partial charge in [-0.1, -0.05) is 20.3 Å². The average Bonchev–Trinajstić information content (AvgIpc) is 3.42. The van der Waals surface area contributed by atoms with Crippen molar-refractivity contribution in [1.82, 2.24) is 15.5 Å². The Morgan fingerprint density at radius 3 is 2.73 bits per heavy atom. The van der Waals surface area contributed by atoms with E-state index in [2.05, 4.69) is 17.6 Å². The molecule has 0 aromatic heterocycles. The Balaban J connectivity index is 1.80. The quantitative estimate of drug-likeness (QED) is 0.496. The van der Waals surface area contributed by atoms with Gasteiger partial charge in [-0.25, -0.2) is 8.78 Å². The van der Waals surface area contributed by atoms with Crippen LogP contribution in [0.1, 0.15) is 57.1 Å². The van der Waals surface area contributed by atoms with Crippen LogP contribution in [0.3, 0.4) is 0 Å². The minimum absolute atomic E-state index is 0.00343. The van der Waals surface area contributed by atoms with Gasteiger partial charge in [-0.05, 0) is 62.8 Å². The third kappa shape index (κ3) is 5.90. The van der Waals surface area contributed by atoms with E-state index in [0.29, 0.717) is 30.6 Å². The molecule has 2 heterocycles. The van der Waals surface area contributed by atoms with Crippen molar-refractivity contribution in [2.45, 2.75) is 77.5 Å². The van der Waals surface area contributed by atoms with Crippen LogP contribution in [0.25, 0.3) is 0 Å². The van der Waals surface area contributed by atoms with Crippen molar-refractivity contribution in [2.24, 2.45) is 11.8 Å². The summed E-state index contributed by atoms with van der Waals surface area (Å²) in [5.74, 6) is -2.52. The minimum Gasteiger partial charge on any atom is -0.389 e. The second-order valence-electron chi connectivity index (χ2n) is 9.44. The first-order valence-electron chi connectivity index (χ1n) is 12.2. The van der Waals surface area contributed by atoms with Crippen molar-refractivity contribution < 1.29 is 23.5 Å². The van der Waals surface area contributed by atoms with Crippen LogP contribution in [0, 0.1) is 30.4 Å². The molecule has 0 aliphatic carbocycles. The fraction of sp³-hybridized carbons (Fsp3) is 0.680. The lowest BCUT2D eigenvalue weighted by Gasteiger charge is -2.30. The smallest absolute Gasteiger partial charge is 0.226 e. The summed E-state index contributed by atoms with van der Waals surface area (Å²) in [6, 6.07) is 1.15. The molecule has 184 valence electrons. The molecule has 3 N–H and O–H groups in total. The molecule has 0 saturated carbocycles. The molecule has 2 amide bonds. The van der Waals surface area contributed by atoms with Crippen LogP contribution in [-0.4, -0.2) is 59.6 Å². The van der Waals surface area contributed by atoms with Crippen LogP contribution in [0.15, 0.2) is 12.1 Å². The second-order valence-corrected chi connectivity index (χ2v) is 9.44. The van der Waals surface area contributed by atoms with Crippen molar-refractivity contribution in [3.63, 3.8) is 0 Å². The maximum atomic E-state index is 14.1. The van der Waals surface area contributed by atoms with E-state index in [9.17, 15) is 23.5 Å². The normalized spacial score (nSPS) is 24.8.